The summed E-state index contributed by atoms with van der Waals surface area (Å²) in [5.74, 6) is 0.0843. The van der Waals surface area contributed by atoms with Crippen LogP contribution in [0.2, 0.25) is 5.02 Å². The van der Waals surface area contributed by atoms with Crippen molar-refractivity contribution in [3.63, 3.8) is 0 Å². The van der Waals surface area contributed by atoms with E-state index < -0.39 is 5.82 Å². The number of hydrogen-bond donors (Lipinski definition) is 1. The van der Waals surface area contributed by atoms with Crippen LogP contribution in [-0.2, 0) is 0 Å². The van der Waals surface area contributed by atoms with Crippen LogP contribution in [0, 0.1) is 5.82 Å². The van der Waals surface area contributed by atoms with Gasteiger partial charge in [0.1, 0.15) is 11.6 Å². The zero-order valence-electron chi connectivity index (χ0n) is 10.6. The third-order valence-corrected chi connectivity index (χ3v) is 2.83. The Bertz CT molecular complexity index is 545. The maximum atomic E-state index is 13.8. The van der Waals surface area contributed by atoms with Gasteiger partial charge >= 0.3 is 0 Å². The van der Waals surface area contributed by atoms with Crippen LogP contribution in [0.25, 0.3) is 0 Å². The van der Waals surface area contributed by atoms with E-state index in [0.717, 1.165) is 12.1 Å². The molecule has 0 unspecified atom stereocenters. The molecule has 0 radical (unpaired) electrons. The highest BCUT2D eigenvalue weighted by Gasteiger charge is 2.09. The van der Waals surface area contributed by atoms with E-state index in [1.54, 1.807) is 6.07 Å². The Morgan fingerprint density at radius 1 is 1.21 bits per heavy atom. The maximum absolute atomic E-state index is 13.8. The number of ether oxygens (including phenoxy) is 1. The number of hydrogen-bond acceptors (Lipinski definition) is 2. The van der Waals surface area contributed by atoms with Crippen LogP contribution in [0.3, 0.4) is 0 Å². The fraction of sp³-hybridized carbons (Fsp3) is 0.200. The molecule has 19 heavy (non-hydrogen) atoms. The Kier molecular flexibility index (Phi) is 4.63. The minimum Gasteiger partial charge on any atom is -0.492 e. The van der Waals surface area contributed by atoms with Gasteiger partial charge in [-0.1, -0.05) is 36.7 Å². The summed E-state index contributed by atoms with van der Waals surface area (Å²) in [4.78, 5) is 0. The van der Waals surface area contributed by atoms with Gasteiger partial charge in [-0.15, -0.1) is 0 Å². The lowest BCUT2D eigenvalue weighted by atomic mass is 10.2. The number of anilines is 2. The fourth-order valence-electron chi connectivity index (χ4n) is 1.62. The molecular weight excluding hydrogens is 265 g/mol. The van der Waals surface area contributed by atoms with Crippen LogP contribution < -0.4 is 10.1 Å². The van der Waals surface area contributed by atoms with Gasteiger partial charge in [0.15, 0.2) is 0 Å². The Balaban J connectivity index is 2.24. The van der Waals surface area contributed by atoms with Gasteiger partial charge in [-0.2, -0.15) is 0 Å². The lowest BCUT2D eigenvalue weighted by Gasteiger charge is -2.12. The Morgan fingerprint density at radius 3 is 2.63 bits per heavy atom. The molecule has 0 saturated heterocycles. The van der Waals surface area contributed by atoms with Gasteiger partial charge in [0.25, 0.3) is 0 Å². The van der Waals surface area contributed by atoms with Crippen LogP contribution >= 0.6 is 11.6 Å². The molecule has 100 valence electrons. The van der Waals surface area contributed by atoms with Crippen molar-refractivity contribution < 1.29 is 9.13 Å². The molecule has 0 spiro atoms. The van der Waals surface area contributed by atoms with E-state index in [2.05, 4.69) is 5.32 Å². The summed E-state index contributed by atoms with van der Waals surface area (Å²) in [6.45, 7) is 2.55. The van der Waals surface area contributed by atoms with Crippen LogP contribution in [0.4, 0.5) is 15.8 Å². The largest absolute Gasteiger partial charge is 0.492 e. The van der Waals surface area contributed by atoms with E-state index >= 15 is 0 Å². The van der Waals surface area contributed by atoms with Crippen molar-refractivity contribution in [3.05, 3.63) is 53.3 Å². The third kappa shape index (κ3) is 3.61. The van der Waals surface area contributed by atoms with E-state index in [-0.39, 0.29) is 5.02 Å². The highest BCUT2D eigenvalue weighted by Crippen LogP contribution is 2.32. The molecule has 2 rings (SSSR count). The van der Waals surface area contributed by atoms with Crippen molar-refractivity contribution in [2.24, 2.45) is 0 Å². The molecule has 4 heteroatoms. The predicted molar refractivity (Wildman–Crippen MR) is 76.9 cm³/mol. The molecule has 0 aliphatic rings. The van der Waals surface area contributed by atoms with Crippen molar-refractivity contribution in [1.82, 2.24) is 0 Å². The lowest BCUT2D eigenvalue weighted by Crippen LogP contribution is -1.99. The predicted octanol–water partition coefficient (Wildman–Crippen LogP) is 5.01. The van der Waals surface area contributed by atoms with Gasteiger partial charge in [0.2, 0.25) is 0 Å². The first-order valence-electron chi connectivity index (χ1n) is 6.14. The first-order valence-corrected chi connectivity index (χ1v) is 6.52. The zero-order valence-corrected chi connectivity index (χ0v) is 11.4. The van der Waals surface area contributed by atoms with Crippen molar-refractivity contribution in [2.45, 2.75) is 13.3 Å². The normalized spacial score (nSPS) is 10.3. The van der Waals surface area contributed by atoms with Crippen LogP contribution in [-0.4, -0.2) is 6.61 Å². The first-order chi connectivity index (χ1) is 9.20. The summed E-state index contributed by atoms with van der Waals surface area (Å²) in [6, 6.07) is 12.2. The van der Waals surface area contributed by atoms with Crippen molar-refractivity contribution in [3.8, 4) is 5.75 Å². The number of rotatable bonds is 5. The molecule has 0 atom stereocenters. The molecule has 0 bridgehead atoms. The average molecular weight is 280 g/mol. The molecule has 0 fully saturated rings. The van der Waals surface area contributed by atoms with Gasteiger partial charge in [0, 0.05) is 11.8 Å². The quantitative estimate of drug-likeness (QED) is 0.830. The van der Waals surface area contributed by atoms with Gasteiger partial charge in [-0.05, 0) is 24.6 Å². The molecule has 2 nitrogen and oxygen atoms in total. The molecule has 2 aromatic carbocycles. The average Bonchev–Trinajstić information content (AvgIpc) is 2.42. The minimum atomic E-state index is -0.405. The molecule has 0 amide bonds. The monoisotopic (exact) mass is 279 g/mol. The van der Waals surface area contributed by atoms with E-state index in [1.165, 1.54) is 6.07 Å². The fourth-order valence-corrected chi connectivity index (χ4v) is 1.83. The lowest BCUT2D eigenvalue weighted by molar-refractivity contribution is 0.317. The number of halogens is 2. The molecule has 2 aromatic rings. The van der Waals surface area contributed by atoms with Gasteiger partial charge in [-0.3, -0.25) is 0 Å². The van der Waals surface area contributed by atoms with E-state index in [1.807, 2.05) is 37.3 Å². The molecule has 0 aromatic heterocycles. The van der Waals surface area contributed by atoms with Crippen molar-refractivity contribution >= 4 is 23.0 Å². The first kappa shape index (κ1) is 13.7. The Hall–Kier alpha value is -1.74. The van der Waals surface area contributed by atoms with E-state index in [4.69, 9.17) is 16.3 Å². The van der Waals surface area contributed by atoms with Gasteiger partial charge in [0.05, 0.1) is 17.3 Å². The van der Waals surface area contributed by atoms with Crippen LogP contribution in [0.15, 0.2) is 42.5 Å². The van der Waals surface area contributed by atoms with Gasteiger partial charge in [-0.25, -0.2) is 4.39 Å². The topological polar surface area (TPSA) is 21.3 Å². The highest BCUT2D eigenvalue weighted by molar-refractivity contribution is 6.32. The molecule has 0 heterocycles. The summed E-state index contributed by atoms with van der Waals surface area (Å²) >= 11 is 5.95. The van der Waals surface area contributed by atoms with Crippen LogP contribution in [0.5, 0.6) is 5.75 Å². The smallest absolute Gasteiger partial charge is 0.148 e. The molecule has 0 saturated carbocycles. The second kappa shape index (κ2) is 6.43. The Labute approximate surface area is 117 Å². The molecular formula is C15H15ClFNO. The molecule has 0 aliphatic carbocycles. The standard InChI is InChI=1S/C15H15ClFNO/c1-2-8-19-15-10-14(13(17)9-12(15)16)18-11-6-4-3-5-7-11/h3-7,9-10,18H,2,8H2,1H3. The SMILES string of the molecule is CCCOc1cc(Nc2ccccc2)c(F)cc1Cl. The van der Waals surface area contributed by atoms with E-state index in [9.17, 15) is 4.39 Å². The summed E-state index contributed by atoms with van der Waals surface area (Å²) in [7, 11) is 0. The number of benzene rings is 2. The minimum absolute atomic E-state index is 0.282. The van der Waals surface area contributed by atoms with Crippen molar-refractivity contribution in [2.75, 3.05) is 11.9 Å². The van der Waals surface area contributed by atoms with Gasteiger partial charge < -0.3 is 10.1 Å². The highest BCUT2D eigenvalue weighted by atomic mass is 35.5. The third-order valence-electron chi connectivity index (χ3n) is 2.54. The maximum Gasteiger partial charge on any atom is 0.148 e. The van der Waals surface area contributed by atoms with Crippen molar-refractivity contribution in [1.29, 1.82) is 0 Å². The summed E-state index contributed by atoms with van der Waals surface area (Å²) in [5, 5.41) is 3.28. The zero-order chi connectivity index (χ0) is 13.7. The van der Waals surface area contributed by atoms with Crippen LogP contribution in [0.1, 0.15) is 13.3 Å². The second-order valence-electron chi connectivity index (χ2n) is 4.10. The summed E-state index contributed by atoms with van der Waals surface area (Å²) in [5.41, 5.74) is 1.16. The number of nitrogens with one attached hydrogen (secondary N) is 1. The molecule has 0 aliphatic heterocycles. The number of para-hydroxylation sites is 1. The summed E-state index contributed by atoms with van der Waals surface area (Å²) < 4.78 is 19.3. The summed E-state index contributed by atoms with van der Waals surface area (Å²) in [6.07, 6.45) is 0.870. The Morgan fingerprint density at radius 2 is 1.95 bits per heavy atom. The molecule has 1 N–H and O–H groups in total. The second-order valence-corrected chi connectivity index (χ2v) is 4.51. The van der Waals surface area contributed by atoms with E-state index in [0.29, 0.717) is 18.0 Å².